The van der Waals surface area contributed by atoms with Gasteiger partial charge in [-0.1, -0.05) is 0 Å². The van der Waals surface area contributed by atoms with Crippen molar-refractivity contribution in [1.29, 1.82) is 0 Å². The lowest BCUT2D eigenvalue weighted by atomic mass is 10.3. The first-order valence-electron chi connectivity index (χ1n) is 3.36. The van der Waals surface area contributed by atoms with E-state index < -0.39 is 6.04 Å². The summed E-state index contributed by atoms with van der Waals surface area (Å²) in [7, 11) is 0. The number of nitrogens with one attached hydrogen (secondary N) is 2. The predicted molar refractivity (Wildman–Crippen MR) is 48.6 cm³/mol. The molecule has 1 heterocycles. The minimum atomic E-state index is -0.528. The molecule has 66 valence electrons. The fraction of sp³-hybridized carbons (Fsp3) is 0.333. The van der Waals surface area contributed by atoms with Gasteiger partial charge in [-0.15, -0.1) is 0 Å². The second kappa shape index (κ2) is 3.68. The Hall–Kier alpha value is -0.880. The molecule has 0 radical (unpaired) electrons. The molecule has 1 aromatic rings. The molecule has 0 spiro atoms. The third kappa shape index (κ3) is 2.05. The van der Waals surface area contributed by atoms with Gasteiger partial charge in [0.15, 0.2) is 0 Å². The summed E-state index contributed by atoms with van der Waals surface area (Å²) in [4.78, 5) is 11.1. The van der Waals surface area contributed by atoms with Gasteiger partial charge in [0.2, 0.25) is 5.91 Å². The van der Waals surface area contributed by atoms with Crippen LogP contribution in [-0.2, 0) is 4.79 Å². The molecule has 4 N–H and O–H groups in total. The Morgan fingerprint density at radius 2 is 2.58 bits per heavy atom. The van der Waals surface area contributed by atoms with Crippen LogP contribution in [0.15, 0.2) is 10.7 Å². The molecular formula is C6H9BrN4O. The number of hydrogen-bond donors (Lipinski definition) is 3. The topological polar surface area (TPSA) is 83.8 Å². The van der Waals surface area contributed by atoms with Crippen molar-refractivity contribution in [1.82, 2.24) is 10.2 Å². The number of aromatic amines is 1. The van der Waals surface area contributed by atoms with E-state index in [9.17, 15) is 4.79 Å². The summed E-state index contributed by atoms with van der Waals surface area (Å²) in [6.07, 6.45) is 1.55. The Morgan fingerprint density at radius 1 is 1.92 bits per heavy atom. The van der Waals surface area contributed by atoms with Gasteiger partial charge in [-0.05, 0) is 22.9 Å². The van der Waals surface area contributed by atoms with Crippen LogP contribution in [0.4, 0.5) is 5.82 Å². The van der Waals surface area contributed by atoms with Crippen molar-refractivity contribution in [2.45, 2.75) is 13.0 Å². The molecule has 1 atom stereocenters. The van der Waals surface area contributed by atoms with E-state index in [1.165, 1.54) is 0 Å². The maximum Gasteiger partial charge on any atom is 0.242 e. The van der Waals surface area contributed by atoms with E-state index in [1.54, 1.807) is 13.1 Å². The molecular weight excluding hydrogens is 224 g/mol. The summed E-state index contributed by atoms with van der Waals surface area (Å²) in [5.74, 6) is 0.275. The first kappa shape index (κ1) is 9.21. The van der Waals surface area contributed by atoms with Gasteiger partial charge >= 0.3 is 0 Å². The molecule has 0 saturated carbocycles. The fourth-order valence-corrected chi connectivity index (χ4v) is 0.886. The molecule has 1 unspecified atom stereocenters. The maximum atomic E-state index is 11.1. The van der Waals surface area contributed by atoms with Crippen LogP contribution in [0.5, 0.6) is 0 Å². The highest BCUT2D eigenvalue weighted by molar-refractivity contribution is 9.10. The van der Waals surface area contributed by atoms with E-state index in [2.05, 4.69) is 31.4 Å². The van der Waals surface area contributed by atoms with E-state index >= 15 is 0 Å². The molecule has 5 nitrogen and oxygen atoms in total. The third-order valence-corrected chi connectivity index (χ3v) is 1.86. The molecule has 6 heteroatoms. The van der Waals surface area contributed by atoms with Gasteiger partial charge in [0, 0.05) is 0 Å². The summed E-state index contributed by atoms with van der Waals surface area (Å²) in [5, 5.41) is 8.87. The zero-order chi connectivity index (χ0) is 9.14. The molecule has 12 heavy (non-hydrogen) atoms. The molecule has 0 aliphatic carbocycles. The average Bonchev–Trinajstić information content (AvgIpc) is 2.36. The molecule has 0 aliphatic rings. The molecule has 0 bridgehead atoms. The normalized spacial score (nSPS) is 12.6. The second-order valence-electron chi connectivity index (χ2n) is 2.37. The number of rotatable bonds is 2. The fourth-order valence-electron chi connectivity index (χ4n) is 0.596. The zero-order valence-corrected chi connectivity index (χ0v) is 8.05. The van der Waals surface area contributed by atoms with E-state index in [1.807, 2.05) is 0 Å². The van der Waals surface area contributed by atoms with Crippen molar-refractivity contribution in [3.8, 4) is 0 Å². The average molecular weight is 233 g/mol. The Labute approximate surface area is 77.8 Å². The van der Waals surface area contributed by atoms with Gasteiger partial charge in [0.25, 0.3) is 0 Å². The number of anilines is 1. The van der Waals surface area contributed by atoms with Crippen LogP contribution >= 0.6 is 15.9 Å². The SMILES string of the molecule is CC(N)C(=O)Nc1[nH]ncc1Br. The lowest BCUT2D eigenvalue weighted by Gasteiger charge is -2.04. The summed E-state index contributed by atoms with van der Waals surface area (Å²) in [6, 6.07) is -0.528. The van der Waals surface area contributed by atoms with Crippen molar-refractivity contribution < 1.29 is 4.79 Å². The molecule has 0 saturated heterocycles. The summed E-state index contributed by atoms with van der Waals surface area (Å²) in [5.41, 5.74) is 5.34. The van der Waals surface area contributed by atoms with Gasteiger partial charge in [-0.3, -0.25) is 9.89 Å². The monoisotopic (exact) mass is 232 g/mol. The van der Waals surface area contributed by atoms with Crippen LogP contribution in [0.3, 0.4) is 0 Å². The van der Waals surface area contributed by atoms with Crippen LogP contribution in [0.25, 0.3) is 0 Å². The Balaban J connectivity index is 2.64. The predicted octanol–water partition coefficient (Wildman–Crippen LogP) is 0.458. The number of amides is 1. The van der Waals surface area contributed by atoms with E-state index in [0.717, 1.165) is 0 Å². The van der Waals surface area contributed by atoms with Crippen LogP contribution in [0.2, 0.25) is 0 Å². The standard InChI is InChI=1S/C6H9BrN4O/c1-3(8)6(12)10-5-4(7)2-9-11-5/h2-3H,8H2,1H3,(H2,9,10,11,12). The van der Waals surface area contributed by atoms with Crippen LogP contribution in [0, 0.1) is 0 Å². The van der Waals surface area contributed by atoms with Crippen LogP contribution < -0.4 is 11.1 Å². The number of nitrogens with two attached hydrogens (primary N) is 1. The van der Waals surface area contributed by atoms with Crippen molar-refractivity contribution in [3.05, 3.63) is 10.7 Å². The smallest absolute Gasteiger partial charge is 0.242 e. The Bertz CT molecular complexity index is 283. The van der Waals surface area contributed by atoms with E-state index in [0.29, 0.717) is 10.3 Å². The number of H-pyrrole nitrogens is 1. The van der Waals surface area contributed by atoms with Crippen LogP contribution in [0.1, 0.15) is 6.92 Å². The minimum Gasteiger partial charge on any atom is -0.320 e. The van der Waals surface area contributed by atoms with Gasteiger partial charge in [0.1, 0.15) is 5.82 Å². The second-order valence-corrected chi connectivity index (χ2v) is 3.23. The number of halogens is 1. The number of aromatic nitrogens is 2. The number of carbonyl (C=O) groups excluding carboxylic acids is 1. The summed E-state index contributed by atoms with van der Waals surface area (Å²) in [6.45, 7) is 1.61. The number of hydrogen-bond acceptors (Lipinski definition) is 3. The molecule has 1 rings (SSSR count). The summed E-state index contributed by atoms with van der Waals surface area (Å²) < 4.78 is 0.705. The lowest BCUT2D eigenvalue weighted by molar-refractivity contribution is -0.117. The number of nitrogens with zero attached hydrogens (tertiary/aromatic N) is 1. The van der Waals surface area contributed by atoms with Crippen molar-refractivity contribution >= 4 is 27.7 Å². The summed E-state index contributed by atoms with van der Waals surface area (Å²) >= 11 is 3.19. The lowest BCUT2D eigenvalue weighted by Crippen LogP contribution is -2.32. The van der Waals surface area contributed by atoms with Gasteiger partial charge in [-0.2, -0.15) is 5.10 Å². The molecule has 0 aromatic carbocycles. The van der Waals surface area contributed by atoms with Gasteiger partial charge < -0.3 is 11.1 Å². The molecule has 0 fully saturated rings. The molecule has 1 amide bonds. The quantitative estimate of drug-likeness (QED) is 0.693. The van der Waals surface area contributed by atoms with Crippen molar-refractivity contribution in [2.75, 3.05) is 5.32 Å². The highest BCUT2D eigenvalue weighted by Crippen LogP contribution is 2.17. The maximum absolute atomic E-state index is 11.1. The van der Waals surface area contributed by atoms with Crippen molar-refractivity contribution in [2.24, 2.45) is 5.73 Å². The van der Waals surface area contributed by atoms with Gasteiger partial charge in [-0.25, -0.2) is 0 Å². The first-order valence-corrected chi connectivity index (χ1v) is 4.16. The van der Waals surface area contributed by atoms with E-state index in [-0.39, 0.29) is 5.91 Å². The van der Waals surface area contributed by atoms with Crippen molar-refractivity contribution in [3.63, 3.8) is 0 Å². The molecule has 1 aromatic heterocycles. The Morgan fingerprint density at radius 3 is 3.00 bits per heavy atom. The van der Waals surface area contributed by atoms with E-state index in [4.69, 9.17) is 5.73 Å². The minimum absolute atomic E-state index is 0.250. The molecule has 0 aliphatic heterocycles. The van der Waals surface area contributed by atoms with Crippen LogP contribution in [-0.4, -0.2) is 22.1 Å². The highest BCUT2D eigenvalue weighted by Gasteiger charge is 2.10. The third-order valence-electron chi connectivity index (χ3n) is 1.25. The first-order chi connectivity index (χ1) is 5.61. The zero-order valence-electron chi connectivity index (χ0n) is 6.47. The van der Waals surface area contributed by atoms with Gasteiger partial charge in [0.05, 0.1) is 16.7 Å². The Kier molecular flexibility index (Phi) is 2.83. The number of carbonyl (C=O) groups is 1. The highest BCUT2D eigenvalue weighted by atomic mass is 79.9. The largest absolute Gasteiger partial charge is 0.320 e.